The Kier molecular flexibility index (Phi) is 6.86. The number of pyridine rings is 1. The lowest BCUT2D eigenvalue weighted by molar-refractivity contribution is -2.00. The van der Waals surface area contributed by atoms with Crippen LogP contribution in [0.5, 0.6) is 0 Å². The number of benzene rings is 1. The molecule has 1 aromatic carbocycles. The molecular weight excluding hydrogens is 282 g/mol. The highest BCUT2D eigenvalue weighted by Gasteiger charge is 1.91. The average molecular weight is 296 g/mol. The Morgan fingerprint density at radius 1 is 0.850 bits per heavy atom. The monoisotopic (exact) mass is 295 g/mol. The third-order valence-corrected chi connectivity index (χ3v) is 2.20. The second-order valence-electron chi connectivity index (χ2n) is 3.76. The van der Waals surface area contributed by atoms with Crippen molar-refractivity contribution in [1.82, 2.24) is 0 Å². The molecule has 0 atom stereocenters. The Bertz CT molecular complexity index is 506. The zero-order valence-electron chi connectivity index (χ0n) is 10.6. The van der Waals surface area contributed by atoms with Gasteiger partial charge in [0.25, 0.3) is 0 Å². The van der Waals surface area contributed by atoms with E-state index >= 15 is 0 Å². The van der Waals surface area contributed by atoms with Crippen molar-refractivity contribution in [1.29, 1.82) is 0 Å². The largest absolute Gasteiger partial charge is 0.222 e. The highest BCUT2D eigenvalue weighted by atomic mass is 35.7. The Morgan fingerprint density at radius 3 is 1.90 bits per heavy atom. The van der Waals surface area contributed by atoms with E-state index < -0.39 is 10.2 Å². The molecule has 5 nitrogen and oxygen atoms in total. The van der Waals surface area contributed by atoms with Gasteiger partial charge in [-0.05, 0) is 11.6 Å². The van der Waals surface area contributed by atoms with E-state index in [1.165, 1.54) is 5.56 Å². The maximum atomic E-state index is 8.49. The molecule has 0 radical (unpaired) electrons. The smallest absolute Gasteiger partial charge is 0.169 e. The first-order valence-electron chi connectivity index (χ1n) is 5.72. The summed E-state index contributed by atoms with van der Waals surface area (Å²) in [6, 6.07) is 16.4. The summed E-state index contributed by atoms with van der Waals surface area (Å²) < 4.78 is 36.1. The lowest BCUT2D eigenvalue weighted by Crippen LogP contribution is -2.68. The number of rotatable bonds is 3. The van der Waals surface area contributed by atoms with Crippen LogP contribution >= 0.6 is 0 Å². The van der Waals surface area contributed by atoms with Crippen molar-refractivity contribution in [2.45, 2.75) is 6.54 Å². The number of nitrogens with zero attached hydrogens (tertiary/aromatic N) is 1. The molecule has 1 aromatic heterocycles. The molecule has 2 rings (SSSR count). The topological polar surface area (TPSA) is 96.1 Å². The van der Waals surface area contributed by atoms with Gasteiger partial charge in [-0.15, -0.1) is 10.2 Å². The quantitative estimate of drug-likeness (QED) is 0.608. The van der Waals surface area contributed by atoms with Crippen LogP contribution in [0.2, 0.25) is 0 Å². The van der Waals surface area contributed by atoms with Crippen LogP contribution in [0.1, 0.15) is 5.56 Å². The van der Waals surface area contributed by atoms with Gasteiger partial charge in [-0.3, -0.25) is 0 Å². The van der Waals surface area contributed by atoms with E-state index in [0.717, 1.165) is 6.54 Å². The van der Waals surface area contributed by atoms with Gasteiger partial charge in [-0.2, -0.15) is 0 Å². The molecule has 0 aliphatic heterocycles. The molecule has 0 amide bonds. The van der Waals surface area contributed by atoms with Crippen LogP contribution in [0.4, 0.5) is 0 Å². The molecule has 1 heterocycles. The molecule has 0 aliphatic rings. The summed E-state index contributed by atoms with van der Waals surface area (Å²) >= 11 is 0. The fraction of sp³-hybridized carbons (Fsp3) is 0.0714. The van der Waals surface area contributed by atoms with E-state index in [1.807, 2.05) is 24.3 Å². The lowest BCUT2D eigenvalue weighted by atomic mass is 10.2. The molecule has 0 saturated heterocycles. The first kappa shape index (κ1) is 16.3. The van der Waals surface area contributed by atoms with E-state index in [4.69, 9.17) is 18.6 Å². The number of hydrogen-bond donors (Lipinski definition) is 0. The van der Waals surface area contributed by atoms with Gasteiger partial charge >= 0.3 is 0 Å². The fourth-order valence-electron chi connectivity index (χ4n) is 1.43. The van der Waals surface area contributed by atoms with Crippen LogP contribution in [0.25, 0.3) is 6.08 Å². The second-order valence-corrected chi connectivity index (χ2v) is 4.52. The van der Waals surface area contributed by atoms with Crippen molar-refractivity contribution in [2.75, 3.05) is 0 Å². The molecule has 6 heteroatoms. The first-order valence-corrected chi connectivity index (χ1v) is 6.96. The standard InChI is InChI=1S/C14H14N.ClHO4/c1-3-8-14(9-4-1)10-7-13-15-11-5-2-6-12-15;2-1(3,4)5/h1-12H,13H2;(H,2,3,4,5)/q+1;/p-1. The molecule has 0 fully saturated rings. The summed E-state index contributed by atoms with van der Waals surface area (Å²) in [6.45, 7) is 0.912. The van der Waals surface area contributed by atoms with Crippen molar-refractivity contribution in [3.05, 3.63) is 72.6 Å². The molecule has 0 bridgehead atoms. The van der Waals surface area contributed by atoms with E-state index in [1.54, 1.807) is 0 Å². The van der Waals surface area contributed by atoms with Crippen LogP contribution < -0.4 is 23.2 Å². The summed E-state index contributed by atoms with van der Waals surface area (Å²) in [6.07, 6.45) is 8.43. The molecule has 0 unspecified atom stereocenters. The third kappa shape index (κ3) is 9.21. The zero-order valence-corrected chi connectivity index (χ0v) is 11.3. The highest BCUT2D eigenvalue weighted by molar-refractivity contribution is 5.48. The normalized spacial score (nSPS) is 11.0. The van der Waals surface area contributed by atoms with Gasteiger partial charge in [0.1, 0.15) is 0 Å². The fourth-order valence-corrected chi connectivity index (χ4v) is 1.43. The van der Waals surface area contributed by atoms with Gasteiger partial charge < -0.3 is 0 Å². The number of aromatic nitrogens is 1. The summed E-state index contributed by atoms with van der Waals surface area (Å²) in [5.41, 5.74) is 1.24. The van der Waals surface area contributed by atoms with Crippen LogP contribution in [-0.2, 0) is 6.54 Å². The Labute approximate surface area is 119 Å². The SMILES string of the molecule is C(=Cc1ccccc1)C[n+]1ccccc1.[O-][Cl+3]([O-])([O-])[O-]. The third-order valence-electron chi connectivity index (χ3n) is 2.20. The predicted octanol–water partition coefficient (Wildman–Crippen LogP) is -2.07. The van der Waals surface area contributed by atoms with Crippen molar-refractivity contribution in [3.63, 3.8) is 0 Å². The van der Waals surface area contributed by atoms with Crippen molar-refractivity contribution < 1.29 is 33.4 Å². The molecular formula is C14H14ClNO4. The van der Waals surface area contributed by atoms with Crippen LogP contribution in [0, 0.1) is 10.2 Å². The van der Waals surface area contributed by atoms with Gasteiger partial charge in [0, 0.05) is 12.1 Å². The average Bonchev–Trinajstić information content (AvgIpc) is 2.39. The van der Waals surface area contributed by atoms with E-state index in [9.17, 15) is 0 Å². The molecule has 2 aromatic rings. The maximum Gasteiger partial charge on any atom is 0.169 e. The summed E-state index contributed by atoms with van der Waals surface area (Å²) in [5.74, 6) is 0. The number of hydrogen-bond acceptors (Lipinski definition) is 4. The van der Waals surface area contributed by atoms with Crippen molar-refractivity contribution in [3.8, 4) is 0 Å². The van der Waals surface area contributed by atoms with Crippen LogP contribution in [-0.4, -0.2) is 0 Å². The lowest BCUT2D eigenvalue weighted by Gasteiger charge is -2.17. The first-order chi connectivity index (χ1) is 9.45. The van der Waals surface area contributed by atoms with Crippen molar-refractivity contribution >= 4 is 6.08 Å². The molecule has 0 spiro atoms. The van der Waals surface area contributed by atoms with Gasteiger partial charge in [0.2, 0.25) is 0 Å². The Hall–Kier alpha value is -1.76. The minimum Gasteiger partial charge on any atom is -0.222 e. The Morgan fingerprint density at radius 2 is 1.35 bits per heavy atom. The molecule has 0 aliphatic carbocycles. The minimum atomic E-state index is -4.94. The molecule has 0 saturated carbocycles. The van der Waals surface area contributed by atoms with E-state index in [-0.39, 0.29) is 0 Å². The highest BCUT2D eigenvalue weighted by Crippen LogP contribution is 2.00. The summed E-state index contributed by atoms with van der Waals surface area (Å²) in [5, 5.41) is 0. The van der Waals surface area contributed by atoms with E-state index in [0.29, 0.717) is 0 Å². The number of allylic oxidation sites excluding steroid dienone is 1. The Balaban J connectivity index is 0.000000347. The molecule has 20 heavy (non-hydrogen) atoms. The minimum absolute atomic E-state index is 0.912. The van der Waals surface area contributed by atoms with Gasteiger partial charge in [-0.1, -0.05) is 42.5 Å². The second kappa shape index (κ2) is 8.42. The predicted molar refractivity (Wildman–Crippen MR) is 62.1 cm³/mol. The van der Waals surface area contributed by atoms with E-state index in [2.05, 4.69) is 53.4 Å². The zero-order chi connectivity index (χ0) is 14.8. The number of halogens is 1. The summed E-state index contributed by atoms with van der Waals surface area (Å²) in [7, 11) is -4.94. The summed E-state index contributed by atoms with van der Waals surface area (Å²) in [4.78, 5) is 0. The molecule has 0 N–H and O–H groups in total. The maximum absolute atomic E-state index is 8.49. The molecule has 106 valence electrons. The van der Waals surface area contributed by atoms with Gasteiger partial charge in [0.05, 0.1) is 0 Å². The van der Waals surface area contributed by atoms with Gasteiger partial charge in [0.15, 0.2) is 18.9 Å². The van der Waals surface area contributed by atoms with Gasteiger partial charge in [-0.25, -0.2) is 23.2 Å². The van der Waals surface area contributed by atoms with Crippen LogP contribution in [0.15, 0.2) is 67.0 Å². The van der Waals surface area contributed by atoms with Crippen LogP contribution in [0.3, 0.4) is 0 Å². The van der Waals surface area contributed by atoms with Crippen molar-refractivity contribution in [2.24, 2.45) is 0 Å².